The molecule has 3 aromatic rings. The third-order valence-electron chi connectivity index (χ3n) is 6.37. The average Bonchev–Trinajstić information content (AvgIpc) is 2.85. The van der Waals surface area contributed by atoms with Crippen LogP contribution in [0.1, 0.15) is 32.6 Å². The molecule has 1 amide bonds. The van der Waals surface area contributed by atoms with Gasteiger partial charge in [-0.25, -0.2) is 13.2 Å². The van der Waals surface area contributed by atoms with E-state index in [2.05, 4.69) is 4.72 Å². The molecular weight excluding hydrogens is 528 g/mol. The van der Waals surface area contributed by atoms with Crippen molar-refractivity contribution >= 4 is 39.2 Å². The van der Waals surface area contributed by atoms with Crippen molar-refractivity contribution in [1.82, 2.24) is 4.90 Å². The van der Waals surface area contributed by atoms with Gasteiger partial charge in [0.05, 0.1) is 18.6 Å². The van der Waals surface area contributed by atoms with Crippen LogP contribution in [0, 0.1) is 27.7 Å². The van der Waals surface area contributed by atoms with Crippen LogP contribution in [0.25, 0.3) is 11.1 Å². The summed E-state index contributed by atoms with van der Waals surface area (Å²) in [5.41, 5.74) is 4.85. The number of rotatable bonds is 8. The highest BCUT2D eigenvalue weighted by Crippen LogP contribution is 2.30. The molecule has 0 aromatic heterocycles. The zero-order chi connectivity index (χ0) is 28.4. The van der Waals surface area contributed by atoms with E-state index in [4.69, 9.17) is 16.3 Å². The number of aliphatic hydroxyl groups is 1. The van der Waals surface area contributed by atoms with E-state index in [1.54, 1.807) is 58.0 Å². The summed E-state index contributed by atoms with van der Waals surface area (Å²) in [5, 5.41) is 10.1. The molecule has 10 heteroatoms. The number of amides is 1. The van der Waals surface area contributed by atoms with Crippen LogP contribution in [0.5, 0.6) is 0 Å². The van der Waals surface area contributed by atoms with Crippen LogP contribution < -0.4 is 4.72 Å². The number of carbonyl (C=O) groups is 2. The SMILES string of the molecule is COC(=O)[C@H](CO)N(C)C(=O)c1c(C)cc(-c2cccc(NS(=O)(=O)c3cc(C)c(Cl)cc3C)c2)cc1C. The number of hydrogen-bond donors (Lipinski definition) is 2. The Morgan fingerprint density at radius 1 is 0.974 bits per heavy atom. The molecule has 0 radical (unpaired) electrons. The Hall–Kier alpha value is -3.40. The molecule has 202 valence electrons. The van der Waals surface area contributed by atoms with E-state index in [1.165, 1.54) is 14.2 Å². The molecule has 0 saturated heterocycles. The number of sulfonamides is 1. The molecule has 0 aliphatic heterocycles. The summed E-state index contributed by atoms with van der Waals surface area (Å²) in [6, 6.07) is 12.7. The second-order valence-corrected chi connectivity index (χ2v) is 11.2. The van der Waals surface area contributed by atoms with Crippen molar-refractivity contribution in [3.63, 3.8) is 0 Å². The lowest BCUT2D eigenvalue weighted by atomic mass is 9.94. The summed E-state index contributed by atoms with van der Waals surface area (Å²) in [7, 11) is -1.23. The summed E-state index contributed by atoms with van der Waals surface area (Å²) in [6.45, 7) is 6.43. The average molecular weight is 559 g/mol. The molecule has 0 heterocycles. The monoisotopic (exact) mass is 558 g/mol. The molecule has 0 aliphatic rings. The molecular formula is C28H31ClN2O6S. The molecule has 38 heavy (non-hydrogen) atoms. The van der Waals surface area contributed by atoms with Crippen LogP contribution in [-0.4, -0.2) is 57.1 Å². The maximum atomic E-state index is 13.2. The second kappa shape index (κ2) is 11.6. The molecule has 0 aliphatic carbocycles. The highest BCUT2D eigenvalue weighted by atomic mass is 35.5. The zero-order valence-corrected chi connectivity index (χ0v) is 23.7. The van der Waals surface area contributed by atoms with E-state index in [1.807, 2.05) is 18.2 Å². The summed E-state index contributed by atoms with van der Waals surface area (Å²) in [4.78, 5) is 26.5. The number of benzene rings is 3. The third kappa shape index (κ3) is 6.01. The number of nitrogens with zero attached hydrogens (tertiary/aromatic N) is 1. The Kier molecular flexibility index (Phi) is 8.86. The van der Waals surface area contributed by atoms with Gasteiger partial charge in [0.25, 0.3) is 15.9 Å². The van der Waals surface area contributed by atoms with Crippen LogP contribution in [-0.2, 0) is 19.6 Å². The predicted octanol–water partition coefficient (Wildman–Crippen LogP) is 4.65. The van der Waals surface area contributed by atoms with E-state index in [9.17, 15) is 23.1 Å². The first-order valence-corrected chi connectivity index (χ1v) is 13.6. The first-order chi connectivity index (χ1) is 17.8. The Morgan fingerprint density at radius 2 is 1.61 bits per heavy atom. The van der Waals surface area contributed by atoms with Gasteiger partial charge >= 0.3 is 5.97 Å². The van der Waals surface area contributed by atoms with Crippen LogP contribution >= 0.6 is 11.6 Å². The minimum absolute atomic E-state index is 0.150. The molecule has 0 unspecified atom stereocenters. The first-order valence-electron chi connectivity index (χ1n) is 11.8. The molecule has 0 bridgehead atoms. The highest BCUT2D eigenvalue weighted by Gasteiger charge is 2.29. The lowest BCUT2D eigenvalue weighted by Gasteiger charge is -2.26. The highest BCUT2D eigenvalue weighted by molar-refractivity contribution is 7.92. The van der Waals surface area contributed by atoms with Crippen molar-refractivity contribution in [3.8, 4) is 11.1 Å². The Balaban J connectivity index is 1.94. The van der Waals surface area contributed by atoms with Gasteiger partial charge in [0.1, 0.15) is 0 Å². The number of aryl methyl sites for hydroxylation is 4. The summed E-state index contributed by atoms with van der Waals surface area (Å²) >= 11 is 6.13. The van der Waals surface area contributed by atoms with Crippen molar-refractivity contribution in [2.75, 3.05) is 25.5 Å². The molecule has 1 atom stereocenters. The Morgan fingerprint density at radius 3 is 2.18 bits per heavy atom. The van der Waals surface area contributed by atoms with Crippen molar-refractivity contribution in [2.24, 2.45) is 0 Å². The quantitative estimate of drug-likeness (QED) is 0.389. The van der Waals surface area contributed by atoms with Gasteiger partial charge in [0, 0.05) is 23.3 Å². The van der Waals surface area contributed by atoms with Crippen LogP contribution in [0.3, 0.4) is 0 Å². The summed E-state index contributed by atoms with van der Waals surface area (Å²) < 4.78 is 33.6. The number of halogens is 1. The van der Waals surface area contributed by atoms with Gasteiger partial charge < -0.3 is 14.7 Å². The fourth-order valence-electron chi connectivity index (χ4n) is 4.29. The van der Waals surface area contributed by atoms with Crippen LogP contribution in [0.4, 0.5) is 5.69 Å². The van der Waals surface area contributed by atoms with Crippen molar-refractivity contribution < 1.29 is 27.9 Å². The Bertz CT molecular complexity index is 1480. The van der Waals surface area contributed by atoms with Gasteiger partial charge in [-0.1, -0.05) is 35.9 Å². The van der Waals surface area contributed by atoms with Gasteiger partial charge in [-0.3, -0.25) is 9.52 Å². The lowest BCUT2D eigenvalue weighted by Crippen LogP contribution is -2.45. The molecule has 2 N–H and O–H groups in total. The number of nitrogens with one attached hydrogen (secondary N) is 1. The van der Waals surface area contributed by atoms with Gasteiger partial charge in [0.15, 0.2) is 6.04 Å². The molecule has 3 rings (SSSR count). The minimum Gasteiger partial charge on any atom is -0.467 e. The predicted molar refractivity (Wildman–Crippen MR) is 148 cm³/mol. The van der Waals surface area contributed by atoms with Gasteiger partial charge in [0.2, 0.25) is 0 Å². The second-order valence-electron chi connectivity index (χ2n) is 9.18. The number of hydrogen-bond acceptors (Lipinski definition) is 6. The number of ether oxygens (including phenoxy) is 1. The van der Waals surface area contributed by atoms with E-state index in [0.717, 1.165) is 16.0 Å². The maximum Gasteiger partial charge on any atom is 0.330 e. The molecule has 0 spiro atoms. The summed E-state index contributed by atoms with van der Waals surface area (Å²) in [6.07, 6.45) is 0. The molecule has 3 aromatic carbocycles. The van der Waals surface area contributed by atoms with E-state index in [0.29, 0.717) is 38.5 Å². The molecule has 8 nitrogen and oxygen atoms in total. The fraction of sp³-hybridized carbons (Fsp3) is 0.286. The van der Waals surface area contributed by atoms with E-state index >= 15 is 0 Å². The normalized spacial score (nSPS) is 12.1. The largest absolute Gasteiger partial charge is 0.467 e. The third-order valence-corrected chi connectivity index (χ3v) is 8.30. The van der Waals surface area contributed by atoms with Crippen molar-refractivity contribution in [2.45, 2.75) is 38.6 Å². The minimum atomic E-state index is -3.86. The van der Waals surface area contributed by atoms with E-state index in [-0.39, 0.29) is 4.90 Å². The summed E-state index contributed by atoms with van der Waals surface area (Å²) in [5.74, 6) is -1.13. The van der Waals surface area contributed by atoms with E-state index < -0.39 is 34.5 Å². The van der Waals surface area contributed by atoms with Gasteiger partial charge in [-0.2, -0.15) is 0 Å². The number of methoxy groups -OCH3 is 1. The number of likely N-dealkylation sites (N-methyl/N-ethyl adjacent to an activating group) is 1. The van der Waals surface area contributed by atoms with Crippen molar-refractivity contribution in [1.29, 1.82) is 0 Å². The van der Waals surface area contributed by atoms with Gasteiger partial charge in [-0.05, 0) is 85.3 Å². The number of esters is 1. The van der Waals surface area contributed by atoms with Crippen LogP contribution in [0.15, 0.2) is 53.4 Å². The first kappa shape index (κ1) is 29.2. The van der Waals surface area contributed by atoms with Gasteiger partial charge in [-0.15, -0.1) is 0 Å². The zero-order valence-electron chi connectivity index (χ0n) is 22.1. The maximum absolute atomic E-state index is 13.2. The molecule has 0 fully saturated rings. The number of carbonyl (C=O) groups excluding carboxylic acids is 2. The number of aliphatic hydroxyl groups excluding tert-OH is 1. The Labute approximate surface area is 228 Å². The standard InChI is InChI=1S/C28H31ClN2O6S/c1-16-13-25(17(2)12-23(16)29)38(35,36)30-22-9-7-8-20(14-22)21-10-18(3)26(19(4)11-21)27(33)31(5)24(15-32)28(34)37-6/h7-14,24,30,32H,15H2,1-6H3/t24-/m0/s1. The van der Waals surface area contributed by atoms with Crippen LogP contribution in [0.2, 0.25) is 5.02 Å². The smallest absolute Gasteiger partial charge is 0.330 e. The topological polar surface area (TPSA) is 113 Å². The fourth-order valence-corrected chi connectivity index (χ4v) is 5.87. The molecule has 0 saturated carbocycles. The van der Waals surface area contributed by atoms with Crippen molar-refractivity contribution in [3.05, 3.63) is 81.4 Å². The number of anilines is 1. The lowest BCUT2D eigenvalue weighted by molar-refractivity contribution is -0.146.